The van der Waals surface area contributed by atoms with Gasteiger partial charge in [-0.1, -0.05) is 23.7 Å². The van der Waals surface area contributed by atoms with Gasteiger partial charge in [-0.3, -0.25) is 0 Å². The molecule has 17 heavy (non-hydrogen) atoms. The molecule has 2 aromatic rings. The van der Waals surface area contributed by atoms with Gasteiger partial charge in [-0.15, -0.1) is 11.3 Å². The third-order valence-electron chi connectivity index (χ3n) is 2.49. The van der Waals surface area contributed by atoms with Crippen LogP contribution in [0.4, 0.5) is 0 Å². The molecule has 1 heterocycles. The van der Waals surface area contributed by atoms with Crippen LogP contribution in [-0.2, 0) is 11.2 Å². The Kier molecular flexibility index (Phi) is 3.92. The predicted molar refractivity (Wildman–Crippen MR) is 70.8 cm³/mol. The number of carbonyl (C=O) groups is 1. The predicted octanol–water partition coefficient (Wildman–Crippen LogP) is 3.63. The Bertz CT molecular complexity index is 506. The van der Waals surface area contributed by atoms with Crippen LogP contribution in [0.3, 0.4) is 0 Å². The van der Waals surface area contributed by atoms with E-state index in [2.05, 4.69) is 4.98 Å². The summed E-state index contributed by atoms with van der Waals surface area (Å²) in [6.07, 6.45) is 1.64. The second kappa shape index (κ2) is 5.43. The minimum atomic E-state index is -0.158. The van der Waals surface area contributed by atoms with Crippen LogP contribution in [0, 0.1) is 6.92 Å². The van der Waals surface area contributed by atoms with Crippen molar-refractivity contribution in [1.29, 1.82) is 0 Å². The van der Waals surface area contributed by atoms with Crippen LogP contribution in [0.15, 0.2) is 29.6 Å². The highest BCUT2D eigenvalue weighted by Gasteiger charge is 2.14. The number of benzene rings is 1. The number of hydrogen-bond donors (Lipinski definition) is 0. The van der Waals surface area contributed by atoms with E-state index in [4.69, 9.17) is 11.6 Å². The van der Waals surface area contributed by atoms with E-state index >= 15 is 0 Å². The number of aromatic nitrogens is 1. The highest BCUT2D eigenvalue weighted by atomic mass is 35.5. The second-order valence-electron chi connectivity index (χ2n) is 3.90. The lowest BCUT2D eigenvalue weighted by molar-refractivity contribution is -0.109. The van der Waals surface area contributed by atoms with Crippen molar-refractivity contribution in [2.45, 2.75) is 19.3 Å². The minimum absolute atomic E-state index is 0.158. The van der Waals surface area contributed by atoms with Crippen molar-refractivity contribution < 1.29 is 4.79 Å². The molecule has 1 atom stereocenters. The van der Waals surface area contributed by atoms with Crippen molar-refractivity contribution in [3.8, 4) is 0 Å². The van der Waals surface area contributed by atoms with Gasteiger partial charge in [-0.05, 0) is 31.0 Å². The molecule has 88 valence electrons. The summed E-state index contributed by atoms with van der Waals surface area (Å²) in [5, 5.41) is 3.56. The first-order chi connectivity index (χ1) is 8.19. The topological polar surface area (TPSA) is 30.0 Å². The fraction of sp³-hybridized carbons (Fsp3) is 0.231. The molecule has 0 amide bonds. The molecule has 1 unspecified atom stereocenters. The quantitative estimate of drug-likeness (QED) is 0.790. The van der Waals surface area contributed by atoms with E-state index in [-0.39, 0.29) is 5.92 Å². The normalized spacial score (nSPS) is 12.4. The van der Waals surface area contributed by atoms with Crippen LogP contribution in [0.1, 0.15) is 22.2 Å². The summed E-state index contributed by atoms with van der Waals surface area (Å²) in [5.74, 6) is -0.158. The molecule has 0 aliphatic carbocycles. The van der Waals surface area contributed by atoms with Gasteiger partial charge in [0.05, 0.1) is 5.92 Å². The lowest BCUT2D eigenvalue weighted by Gasteiger charge is -2.07. The van der Waals surface area contributed by atoms with Gasteiger partial charge in [0, 0.05) is 16.1 Å². The molecule has 0 aliphatic rings. The van der Waals surface area contributed by atoms with Crippen LogP contribution >= 0.6 is 22.9 Å². The molecule has 1 aromatic heterocycles. The smallest absolute Gasteiger partial charge is 0.130 e. The maximum atomic E-state index is 11.1. The third kappa shape index (κ3) is 3.14. The Hall–Kier alpha value is -1.19. The average molecular weight is 266 g/mol. The molecular weight excluding hydrogens is 254 g/mol. The molecule has 0 saturated heterocycles. The van der Waals surface area contributed by atoms with Gasteiger partial charge in [0.2, 0.25) is 0 Å². The zero-order valence-electron chi connectivity index (χ0n) is 9.39. The Morgan fingerprint density at radius 1 is 1.41 bits per heavy atom. The number of rotatable bonds is 4. The zero-order chi connectivity index (χ0) is 12.3. The summed E-state index contributed by atoms with van der Waals surface area (Å²) in [6, 6.07) is 7.57. The number of halogens is 1. The van der Waals surface area contributed by atoms with Gasteiger partial charge in [-0.25, -0.2) is 4.98 Å². The largest absolute Gasteiger partial charge is 0.303 e. The van der Waals surface area contributed by atoms with E-state index in [1.807, 2.05) is 36.6 Å². The van der Waals surface area contributed by atoms with E-state index in [0.717, 1.165) is 22.6 Å². The first-order valence-electron chi connectivity index (χ1n) is 5.31. The van der Waals surface area contributed by atoms with Gasteiger partial charge < -0.3 is 4.79 Å². The first-order valence-corrected chi connectivity index (χ1v) is 6.56. The molecule has 0 saturated carbocycles. The molecule has 0 N–H and O–H groups in total. The van der Waals surface area contributed by atoms with E-state index in [0.29, 0.717) is 11.4 Å². The van der Waals surface area contributed by atoms with E-state index in [1.165, 1.54) is 11.3 Å². The molecule has 2 nitrogen and oxygen atoms in total. The monoisotopic (exact) mass is 265 g/mol. The molecule has 0 bridgehead atoms. The van der Waals surface area contributed by atoms with E-state index < -0.39 is 0 Å². The van der Waals surface area contributed by atoms with Gasteiger partial charge in [0.15, 0.2) is 0 Å². The maximum absolute atomic E-state index is 11.1. The average Bonchev–Trinajstić information content (AvgIpc) is 2.75. The van der Waals surface area contributed by atoms with Crippen LogP contribution < -0.4 is 0 Å². The third-order valence-corrected chi connectivity index (χ3v) is 3.83. The van der Waals surface area contributed by atoms with Crippen LogP contribution in [0.5, 0.6) is 0 Å². The lowest BCUT2D eigenvalue weighted by atomic mass is 10.0. The Morgan fingerprint density at radius 3 is 2.65 bits per heavy atom. The molecule has 1 aromatic carbocycles. The SMILES string of the molecule is Cc1csc(C(C=O)Cc2ccc(Cl)cc2)n1. The van der Waals surface area contributed by atoms with Gasteiger partial charge in [-0.2, -0.15) is 0 Å². The highest BCUT2D eigenvalue weighted by molar-refractivity contribution is 7.09. The molecule has 4 heteroatoms. The molecule has 0 aliphatic heterocycles. The Balaban J connectivity index is 2.15. The standard InChI is InChI=1S/C13H12ClNOS/c1-9-8-17-13(15-9)11(7-16)6-10-2-4-12(14)5-3-10/h2-5,7-8,11H,6H2,1H3. The number of aryl methyl sites for hydroxylation is 1. The molecule has 0 fully saturated rings. The number of nitrogens with zero attached hydrogens (tertiary/aromatic N) is 1. The molecule has 0 radical (unpaired) electrons. The van der Waals surface area contributed by atoms with Crippen LogP contribution in [0.25, 0.3) is 0 Å². The van der Waals surface area contributed by atoms with Gasteiger partial charge in [0.25, 0.3) is 0 Å². The summed E-state index contributed by atoms with van der Waals surface area (Å²) in [5.41, 5.74) is 2.06. The van der Waals surface area contributed by atoms with Crippen molar-refractivity contribution in [2.24, 2.45) is 0 Å². The summed E-state index contributed by atoms with van der Waals surface area (Å²) >= 11 is 7.36. The maximum Gasteiger partial charge on any atom is 0.130 e. The van der Waals surface area contributed by atoms with Crippen LogP contribution in [-0.4, -0.2) is 11.3 Å². The zero-order valence-corrected chi connectivity index (χ0v) is 11.0. The van der Waals surface area contributed by atoms with Crippen molar-refractivity contribution in [3.63, 3.8) is 0 Å². The van der Waals surface area contributed by atoms with Crippen molar-refractivity contribution >= 4 is 29.2 Å². The van der Waals surface area contributed by atoms with Gasteiger partial charge >= 0.3 is 0 Å². The van der Waals surface area contributed by atoms with Crippen LogP contribution in [0.2, 0.25) is 5.02 Å². The molecular formula is C13H12ClNOS. The molecule has 0 spiro atoms. The van der Waals surface area contributed by atoms with Gasteiger partial charge in [0.1, 0.15) is 11.3 Å². The fourth-order valence-corrected chi connectivity index (χ4v) is 2.59. The Labute approximate surface area is 109 Å². The number of aldehydes is 1. The fourth-order valence-electron chi connectivity index (χ4n) is 1.61. The first kappa shape index (κ1) is 12.3. The number of hydrogen-bond acceptors (Lipinski definition) is 3. The number of carbonyl (C=O) groups excluding carboxylic acids is 1. The lowest BCUT2D eigenvalue weighted by Crippen LogP contribution is -2.04. The van der Waals surface area contributed by atoms with Crippen molar-refractivity contribution in [2.75, 3.05) is 0 Å². The summed E-state index contributed by atoms with van der Waals surface area (Å²) < 4.78 is 0. The van der Waals surface area contributed by atoms with Crippen molar-refractivity contribution in [3.05, 3.63) is 50.9 Å². The highest BCUT2D eigenvalue weighted by Crippen LogP contribution is 2.23. The second-order valence-corrected chi connectivity index (χ2v) is 5.23. The summed E-state index contributed by atoms with van der Waals surface area (Å²) in [4.78, 5) is 15.5. The van der Waals surface area contributed by atoms with Crippen molar-refractivity contribution in [1.82, 2.24) is 4.98 Å². The van der Waals surface area contributed by atoms with E-state index in [9.17, 15) is 4.79 Å². The summed E-state index contributed by atoms with van der Waals surface area (Å²) in [7, 11) is 0. The summed E-state index contributed by atoms with van der Waals surface area (Å²) in [6.45, 7) is 1.93. The minimum Gasteiger partial charge on any atom is -0.303 e. The molecule has 2 rings (SSSR count). The number of thiazole rings is 1. The Morgan fingerprint density at radius 2 is 2.12 bits per heavy atom. The van der Waals surface area contributed by atoms with E-state index in [1.54, 1.807) is 0 Å².